The Morgan fingerprint density at radius 2 is 2.10 bits per heavy atom. The molecule has 1 amide bonds. The van der Waals surface area contributed by atoms with Gasteiger partial charge < -0.3 is 24.5 Å². The molecule has 0 radical (unpaired) electrons. The molecule has 0 atom stereocenters. The molecule has 0 saturated carbocycles. The van der Waals surface area contributed by atoms with Gasteiger partial charge in [0, 0.05) is 32.0 Å². The lowest BCUT2D eigenvalue weighted by Crippen LogP contribution is -2.27. The van der Waals surface area contributed by atoms with Crippen molar-refractivity contribution in [3.05, 3.63) is 58.3 Å². The average molecular weight is 424 g/mol. The van der Waals surface area contributed by atoms with Gasteiger partial charge in [0.1, 0.15) is 5.75 Å². The van der Waals surface area contributed by atoms with Crippen LogP contribution >= 0.6 is 0 Å². The molecule has 2 N–H and O–H groups in total. The molecule has 31 heavy (non-hydrogen) atoms. The highest BCUT2D eigenvalue weighted by atomic mass is 16.5. The Balaban J connectivity index is 1.38. The van der Waals surface area contributed by atoms with E-state index in [1.54, 1.807) is 36.5 Å². The Morgan fingerprint density at radius 3 is 2.90 bits per heavy atom. The number of nitrogens with one attached hydrogen (secondary N) is 2. The minimum atomic E-state index is -0.476. The summed E-state index contributed by atoms with van der Waals surface area (Å²) in [6, 6.07) is 8.51. The summed E-state index contributed by atoms with van der Waals surface area (Å²) in [7, 11) is 1.52. The number of amides is 1. The number of pyridine rings is 1. The third kappa shape index (κ3) is 5.18. The van der Waals surface area contributed by atoms with Crippen molar-refractivity contribution in [3.8, 4) is 11.6 Å². The Hall–Kier alpha value is -3.46. The molecule has 162 valence electrons. The molecule has 3 heterocycles. The summed E-state index contributed by atoms with van der Waals surface area (Å²) >= 11 is 0. The van der Waals surface area contributed by atoms with E-state index in [9.17, 15) is 9.59 Å². The van der Waals surface area contributed by atoms with Crippen molar-refractivity contribution in [2.24, 2.45) is 5.92 Å². The van der Waals surface area contributed by atoms with E-state index in [1.807, 2.05) is 0 Å². The van der Waals surface area contributed by atoms with Crippen LogP contribution in [0.2, 0.25) is 0 Å². The Morgan fingerprint density at radius 1 is 1.26 bits per heavy atom. The van der Waals surface area contributed by atoms with Gasteiger partial charge in [-0.2, -0.15) is 0 Å². The maximum atomic E-state index is 12.5. The van der Waals surface area contributed by atoms with E-state index in [2.05, 4.69) is 20.3 Å². The van der Waals surface area contributed by atoms with Crippen LogP contribution < -0.4 is 20.3 Å². The van der Waals surface area contributed by atoms with E-state index in [0.29, 0.717) is 35.1 Å². The van der Waals surface area contributed by atoms with E-state index in [0.717, 1.165) is 31.6 Å². The molecule has 0 aliphatic carbocycles. The second kappa shape index (κ2) is 9.57. The maximum Gasteiger partial charge on any atom is 0.287 e. The highest BCUT2D eigenvalue weighted by Gasteiger charge is 2.15. The average Bonchev–Trinajstić information content (AvgIpc) is 2.82. The molecule has 2 aromatic heterocycles. The number of aromatic amines is 1. The van der Waals surface area contributed by atoms with Crippen LogP contribution in [0.3, 0.4) is 0 Å². The zero-order valence-corrected chi connectivity index (χ0v) is 17.2. The number of ether oxygens (including phenoxy) is 3. The fourth-order valence-corrected chi connectivity index (χ4v) is 3.37. The fourth-order valence-electron chi connectivity index (χ4n) is 3.37. The second-order valence-corrected chi connectivity index (χ2v) is 7.35. The quantitative estimate of drug-likeness (QED) is 0.596. The van der Waals surface area contributed by atoms with Gasteiger partial charge in [-0.25, -0.2) is 9.97 Å². The molecule has 1 saturated heterocycles. The third-order valence-corrected chi connectivity index (χ3v) is 5.19. The molecule has 1 aliphatic heterocycles. The third-order valence-electron chi connectivity index (χ3n) is 5.19. The zero-order valence-electron chi connectivity index (χ0n) is 17.2. The Kier molecular flexibility index (Phi) is 6.42. The number of benzene rings is 1. The first-order valence-electron chi connectivity index (χ1n) is 10.1. The number of H-pyrrole nitrogens is 1. The summed E-state index contributed by atoms with van der Waals surface area (Å²) in [5.74, 6) is 1.01. The number of hydrogen-bond acceptors (Lipinski definition) is 7. The predicted octanol–water partition coefficient (Wildman–Crippen LogP) is 2.06. The lowest BCUT2D eigenvalue weighted by atomic mass is 10.0. The van der Waals surface area contributed by atoms with E-state index in [1.165, 1.54) is 7.11 Å². The van der Waals surface area contributed by atoms with Crippen LogP contribution in [0.15, 0.2) is 41.3 Å². The van der Waals surface area contributed by atoms with Crippen molar-refractivity contribution in [1.82, 2.24) is 20.3 Å². The van der Waals surface area contributed by atoms with Crippen LogP contribution in [0.4, 0.5) is 0 Å². The van der Waals surface area contributed by atoms with Gasteiger partial charge in [0.2, 0.25) is 5.88 Å². The van der Waals surface area contributed by atoms with E-state index < -0.39 is 11.5 Å². The first-order chi connectivity index (χ1) is 15.1. The van der Waals surface area contributed by atoms with Crippen LogP contribution in [0, 0.1) is 5.92 Å². The normalized spacial score (nSPS) is 14.4. The van der Waals surface area contributed by atoms with Gasteiger partial charge in [0.25, 0.3) is 11.5 Å². The summed E-state index contributed by atoms with van der Waals surface area (Å²) in [5, 5.41) is 3.12. The highest BCUT2D eigenvalue weighted by molar-refractivity contribution is 5.92. The van der Waals surface area contributed by atoms with Crippen LogP contribution in [-0.2, 0) is 11.3 Å². The van der Waals surface area contributed by atoms with Crippen molar-refractivity contribution in [1.29, 1.82) is 0 Å². The monoisotopic (exact) mass is 424 g/mol. The molecule has 3 aromatic rings. The first-order valence-corrected chi connectivity index (χ1v) is 10.1. The molecule has 0 spiro atoms. The van der Waals surface area contributed by atoms with Crippen molar-refractivity contribution in [3.63, 3.8) is 0 Å². The number of rotatable bonds is 7. The van der Waals surface area contributed by atoms with Crippen molar-refractivity contribution >= 4 is 16.8 Å². The summed E-state index contributed by atoms with van der Waals surface area (Å²) in [5.41, 5.74) is 0.849. The van der Waals surface area contributed by atoms with Crippen molar-refractivity contribution < 1.29 is 19.0 Å². The molecule has 1 aliphatic rings. The SMILES string of the molecule is COc1ccc2nc(C(=O)NCc3ccnc(OCC4CCOCC4)c3)[nH]c(=O)c2c1. The number of carbonyl (C=O) groups is 1. The van der Waals surface area contributed by atoms with Crippen LogP contribution in [0.5, 0.6) is 11.6 Å². The molecule has 1 aromatic carbocycles. The van der Waals surface area contributed by atoms with Gasteiger partial charge in [-0.1, -0.05) is 0 Å². The number of methoxy groups -OCH3 is 1. The molecule has 0 bridgehead atoms. The highest BCUT2D eigenvalue weighted by Crippen LogP contribution is 2.18. The lowest BCUT2D eigenvalue weighted by Gasteiger charge is -2.21. The first kappa shape index (κ1) is 20.8. The van der Waals surface area contributed by atoms with Gasteiger partial charge in [0.15, 0.2) is 5.82 Å². The summed E-state index contributed by atoms with van der Waals surface area (Å²) in [4.78, 5) is 35.9. The van der Waals surface area contributed by atoms with Crippen molar-refractivity contribution in [2.45, 2.75) is 19.4 Å². The number of hydrogen-bond donors (Lipinski definition) is 2. The smallest absolute Gasteiger partial charge is 0.287 e. The molecule has 1 fully saturated rings. The molecule has 9 heteroatoms. The maximum absolute atomic E-state index is 12.5. The van der Waals surface area contributed by atoms with Crippen LogP contribution in [-0.4, -0.2) is 47.8 Å². The van der Waals surface area contributed by atoms with Gasteiger partial charge >= 0.3 is 0 Å². The number of aromatic nitrogens is 3. The van der Waals surface area contributed by atoms with Gasteiger partial charge in [-0.3, -0.25) is 9.59 Å². The molecular weight excluding hydrogens is 400 g/mol. The summed E-state index contributed by atoms with van der Waals surface area (Å²) in [6.07, 6.45) is 3.61. The largest absolute Gasteiger partial charge is 0.497 e. The number of nitrogens with zero attached hydrogens (tertiary/aromatic N) is 2. The second-order valence-electron chi connectivity index (χ2n) is 7.35. The molecular formula is C22H24N4O5. The van der Waals surface area contributed by atoms with Crippen LogP contribution in [0.1, 0.15) is 29.0 Å². The van der Waals surface area contributed by atoms with Gasteiger partial charge in [0.05, 0.1) is 24.6 Å². The predicted molar refractivity (Wildman–Crippen MR) is 113 cm³/mol. The minimum Gasteiger partial charge on any atom is -0.497 e. The molecule has 4 rings (SSSR count). The van der Waals surface area contributed by atoms with Gasteiger partial charge in [-0.05, 0) is 48.6 Å². The Bertz CT molecular complexity index is 1120. The summed E-state index contributed by atoms with van der Waals surface area (Å²) < 4.78 is 16.3. The van der Waals surface area contributed by atoms with Crippen molar-refractivity contribution in [2.75, 3.05) is 26.9 Å². The topological polar surface area (TPSA) is 115 Å². The van der Waals surface area contributed by atoms with E-state index >= 15 is 0 Å². The Labute approximate surface area is 178 Å². The number of carbonyl (C=O) groups excluding carboxylic acids is 1. The standard InChI is InChI=1S/C22H24N4O5/c1-29-16-2-3-18-17(11-16)21(27)26-20(25-18)22(28)24-12-15-4-7-23-19(10-15)31-13-14-5-8-30-9-6-14/h2-4,7,10-11,14H,5-6,8-9,12-13H2,1H3,(H,24,28)(H,25,26,27). The summed E-state index contributed by atoms with van der Waals surface area (Å²) in [6.45, 7) is 2.39. The van der Waals surface area contributed by atoms with Gasteiger partial charge in [-0.15, -0.1) is 0 Å². The van der Waals surface area contributed by atoms with Crippen LogP contribution in [0.25, 0.3) is 10.9 Å². The zero-order chi connectivity index (χ0) is 21.6. The van der Waals surface area contributed by atoms with E-state index in [4.69, 9.17) is 14.2 Å². The molecule has 9 nitrogen and oxygen atoms in total. The van der Waals surface area contributed by atoms with E-state index in [-0.39, 0.29) is 12.4 Å². The fraction of sp³-hybridized carbons (Fsp3) is 0.364. The minimum absolute atomic E-state index is 0.0484. The lowest BCUT2D eigenvalue weighted by molar-refractivity contribution is 0.0490. The molecule has 0 unspecified atom stereocenters. The number of fused-ring (bicyclic) bond motifs is 1.